The summed E-state index contributed by atoms with van der Waals surface area (Å²) in [7, 11) is -6.09. The number of ether oxygens (including phenoxy) is 1. The molecule has 0 aromatic rings. The molecule has 0 N–H and O–H groups in total. The Morgan fingerprint density at radius 2 is 1.52 bits per heavy atom. The van der Waals surface area contributed by atoms with Crippen LogP contribution in [0.1, 0.15) is 27.7 Å². The minimum Gasteiger partial charge on any atom is -0.741 e. The molecular weight excluding hydrogens is 343 g/mol. The van der Waals surface area contributed by atoms with Gasteiger partial charge in [0, 0.05) is 0 Å². The number of amidine groups is 1. The predicted octanol–water partition coefficient (Wildman–Crippen LogP) is 1.11. The van der Waals surface area contributed by atoms with E-state index in [0.717, 1.165) is 0 Å². The highest BCUT2D eigenvalue weighted by Gasteiger charge is 2.44. The van der Waals surface area contributed by atoms with Crippen LogP contribution in [0, 0.1) is 0 Å². The Hall–Kier alpha value is -1.49. The van der Waals surface area contributed by atoms with Crippen LogP contribution in [0.2, 0.25) is 0 Å². The molecule has 8 nitrogen and oxygen atoms in total. The maximum Gasteiger partial charge on any atom is 0.557 e. The first kappa shape index (κ1) is 23.8. The van der Waals surface area contributed by atoms with Gasteiger partial charge in [-0.1, -0.05) is 4.79 Å². The molecule has 12 heteroatoms. The number of esters is 1. The molecule has 0 aliphatic rings. The molecule has 0 fully saturated rings. The topological polar surface area (TPSA) is 120 Å². The second-order valence-electron chi connectivity index (χ2n) is 4.14. The monoisotopic (exact) mass is 363 g/mol. The number of carbonyl (C=O) groups is 1. The quantitative estimate of drug-likeness (QED) is 0.108. The summed E-state index contributed by atoms with van der Waals surface area (Å²) in [4.78, 5) is 14.7. The van der Waals surface area contributed by atoms with Gasteiger partial charge in [0.15, 0.2) is 10.1 Å². The molecule has 0 atom stereocenters. The molecule has 0 aromatic heterocycles. The van der Waals surface area contributed by atoms with E-state index >= 15 is 0 Å². The van der Waals surface area contributed by atoms with Gasteiger partial charge < -0.3 is 14.8 Å². The third-order valence-electron chi connectivity index (χ3n) is 3.10. The van der Waals surface area contributed by atoms with E-state index < -0.39 is 21.6 Å². The molecule has 0 saturated heterocycles. The minimum atomic E-state index is -6.09. The van der Waals surface area contributed by atoms with Crippen molar-refractivity contribution in [2.24, 2.45) is 0 Å². The van der Waals surface area contributed by atoms with Gasteiger partial charge in [-0.3, -0.25) is 0 Å². The molecular formula is C11H20F3N3O5S. The number of carbonyl (C=O) groups excluding carboxylic acids is 1. The fourth-order valence-electron chi connectivity index (χ4n) is 1.65. The number of rotatable bonds is 4. The molecule has 0 aliphatic heterocycles. The van der Waals surface area contributed by atoms with Crippen molar-refractivity contribution in [1.82, 2.24) is 0 Å². The largest absolute Gasteiger partial charge is 0.741 e. The van der Waals surface area contributed by atoms with Crippen molar-refractivity contribution in [1.29, 1.82) is 0 Å². The van der Waals surface area contributed by atoms with Crippen molar-refractivity contribution in [2.75, 3.05) is 26.2 Å². The Kier molecular flexibility index (Phi) is 9.93. The highest BCUT2D eigenvalue weighted by molar-refractivity contribution is 7.86. The number of alkyl halides is 3. The summed E-state index contributed by atoms with van der Waals surface area (Å²) in [5.74, 6) is -0.449. The van der Waals surface area contributed by atoms with Crippen molar-refractivity contribution in [3.63, 3.8) is 0 Å². The van der Waals surface area contributed by atoms with Crippen molar-refractivity contribution in [3.05, 3.63) is 5.53 Å². The summed E-state index contributed by atoms with van der Waals surface area (Å²) in [6.45, 7) is 9.98. The van der Waals surface area contributed by atoms with E-state index in [1.807, 2.05) is 20.8 Å². The average Bonchev–Trinajstić information content (AvgIpc) is 2.43. The van der Waals surface area contributed by atoms with E-state index in [1.165, 1.54) is 0 Å². The molecule has 0 rings (SSSR count). The SMILES string of the molecule is CCOC(=O)C(=[N+]=[N-])[N+](CC)(CC)CC.O=S(=O)([O-])C(F)(F)F. The molecule has 0 aliphatic carbocycles. The summed E-state index contributed by atoms with van der Waals surface area (Å²) in [6.07, 6.45) is 0. The van der Waals surface area contributed by atoms with E-state index in [4.69, 9.17) is 23.2 Å². The van der Waals surface area contributed by atoms with Crippen LogP contribution in [0.25, 0.3) is 5.53 Å². The first-order valence-electron chi connectivity index (χ1n) is 6.64. The molecule has 136 valence electrons. The predicted molar refractivity (Wildman–Crippen MR) is 72.9 cm³/mol. The lowest BCUT2D eigenvalue weighted by atomic mass is 10.3. The summed E-state index contributed by atoms with van der Waals surface area (Å²) >= 11 is 0. The molecule has 23 heavy (non-hydrogen) atoms. The lowest BCUT2D eigenvalue weighted by Crippen LogP contribution is -2.56. The summed E-state index contributed by atoms with van der Waals surface area (Å²) in [6, 6.07) is 0. The third kappa shape index (κ3) is 7.08. The maximum atomic E-state index is 11.6. The fourth-order valence-corrected chi connectivity index (χ4v) is 1.65. The highest BCUT2D eigenvalue weighted by Crippen LogP contribution is 2.20. The van der Waals surface area contributed by atoms with Gasteiger partial charge in [-0.05, 0) is 27.7 Å². The Labute approximate surface area is 132 Å². The molecule has 0 amide bonds. The molecule has 0 saturated carbocycles. The first-order chi connectivity index (χ1) is 10.4. The van der Waals surface area contributed by atoms with Gasteiger partial charge in [-0.25, -0.2) is 17.7 Å². The normalized spacial score (nSPS) is 11.8. The summed E-state index contributed by atoms with van der Waals surface area (Å²) in [5, 5.41) is 0. The van der Waals surface area contributed by atoms with E-state index in [9.17, 15) is 18.0 Å². The first-order valence-corrected chi connectivity index (χ1v) is 8.05. The summed E-state index contributed by atoms with van der Waals surface area (Å²) in [5.41, 5.74) is 3.28. The smallest absolute Gasteiger partial charge is 0.557 e. The number of halogens is 3. The van der Waals surface area contributed by atoms with Crippen molar-refractivity contribution < 1.29 is 44.9 Å². The van der Waals surface area contributed by atoms with E-state index in [-0.39, 0.29) is 12.4 Å². The van der Waals surface area contributed by atoms with Gasteiger partial charge in [0.2, 0.25) is 0 Å². The zero-order valence-electron chi connectivity index (χ0n) is 13.3. The molecule has 0 aromatic carbocycles. The molecule has 0 heterocycles. The Balaban J connectivity index is 0. The number of quaternary nitrogens is 1. The van der Waals surface area contributed by atoms with Gasteiger partial charge in [-0.15, -0.1) is 0 Å². The van der Waals surface area contributed by atoms with Crippen LogP contribution in [0.3, 0.4) is 0 Å². The van der Waals surface area contributed by atoms with E-state index in [1.54, 1.807) is 6.92 Å². The van der Waals surface area contributed by atoms with Gasteiger partial charge in [0.05, 0.1) is 26.2 Å². The lowest BCUT2D eigenvalue weighted by Gasteiger charge is -2.28. The van der Waals surface area contributed by atoms with Crippen LogP contribution in [0.4, 0.5) is 13.2 Å². The van der Waals surface area contributed by atoms with Crippen LogP contribution >= 0.6 is 0 Å². The highest BCUT2D eigenvalue weighted by atomic mass is 32.2. The lowest BCUT2D eigenvalue weighted by molar-refractivity contribution is -0.843. The number of likely N-dealkylation sites (N-methyl/N-ethyl adjacent to an activating group) is 1. The van der Waals surface area contributed by atoms with Gasteiger partial charge in [0.1, 0.15) is 0 Å². The van der Waals surface area contributed by atoms with Crippen LogP contribution in [0.5, 0.6) is 0 Å². The Morgan fingerprint density at radius 1 is 1.17 bits per heavy atom. The van der Waals surface area contributed by atoms with Crippen molar-refractivity contribution in [2.45, 2.75) is 33.2 Å². The zero-order valence-corrected chi connectivity index (χ0v) is 14.1. The third-order valence-corrected chi connectivity index (χ3v) is 3.67. The number of hydrogen-bond acceptors (Lipinski definition) is 5. The van der Waals surface area contributed by atoms with Crippen molar-refractivity contribution >= 4 is 21.9 Å². The Bertz CT molecular complexity index is 529. The Morgan fingerprint density at radius 3 is 1.70 bits per heavy atom. The van der Waals surface area contributed by atoms with E-state index in [2.05, 4.69) is 4.79 Å². The van der Waals surface area contributed by atoms with Gasteiger partial charge in [0.25, 0.3) is 0 Å². The molecule has 0 bridgehead atoms. The second-order valence-corrected chi connectivity index (χ2v) is 5.51. The number of hydrogen-bond donors (Lipinski definition) is 0. The molecule has 0 spiro atoms. The van der Waals surface area contributed by atoms with Crippen LogP contribution in [0.15, 0.2) is 0 Å². The second kappa shape index (κ2) is 9.60. The maximum absolute atomic E-state index is 11.6. The standard InChI is InChI=1S/C10H20N3O2.CHF3O3S/c1-5-13(6-2,7-3)9(12-11)10(14)15-8-4;2-1(3,4)8(5,6)7/h5-8H2,1-4H3;(H,5,6,7)/q+1;/p-1. The van der Waals surface area contributed by atoms with Crippen LogP contribution in [-0.4, -0.2) is 65.8 Å². The van der Waals surface area contributed by atoms with Crippen LogP contribution in [-0.2, 0) is 19.6 Å². The van der Waals surface area contributed by atoms with Crippen molar-refractivity contribution in [3.8, 4) is 0 Å². The van der Waals surface area contributed by atoms with E-state index in [0.29, 0.717) is 24.1 Å². The average molecular weight is 363 g/mol. The minimum absolute atomic E-state index is 0.0874. The van der Waals surface area contributed by atoms with Gasteiger partial charge >= 0.3 is 17.3 Å². The van der Waals surface area contributed by atoms with Gasteiger partial charge in [-0.2, -0.15) is 13.2 Å². The van der Waals surface area contributed by atoms with Crippen LogP contribution < -0.4 is 0 Å². The number of nitrogens with zero attached hydrogens (tertiary/aromatic N) is 3. The molecule has 0 radical (unpaired) electrons. The fraction of sp³-hybridized carbons (Fsp3) is 0.818. The summed E-state index contributed by atoms with van der Waals surface area (Å²) < 4.78 is 64.1. The zero-order chi connectivity index (χ0) is 18.9. The molecule has 0 unspecified atom stereocenters.